The normalized spacial score (nSPS) is 30.7. The molecular weight excluding hydrogens is 556 g/mol. The molecule has 42 heavy (non-hydrogen) atoms. The van der Waals surface area contributed by atoms with E-state index in [4.69, 9.17) is 23.7 Å². The first-order chi connectivity index (χ1) is 20.1. The molecule has 224 valence electrons. The Morgan fingerprint density at radius 3 is 2.45 bits per heavy atom. The number of cyclic esters (lactones) is 1. The van der Waals surface area contributed by atoms with Gasteiger partial charge in [-0.25, -0.2) is 9.59 Å². The number of phenolic OH excluding ortho intramolecular Hbond substituents is 3. The number of phenols is 3. The van der Waals surface area contributed by atoms with Crippen molar-refractivity contribution in [1.29, 1.82) is 0 Å². The van der Waals surface area contributed by atoms with E-state index in [1.54, 1.807) is 6.08 Å². The van der Waals surface area contributed by atoms with Crippen LogP contribution in [0.4, 0.5) is 0 Å². The minimum Gasteiger partial charge on any atom is -0.508 e. The van der Waals surface area contributed by atoms with Gasteiger partial charge in [-0.2, -0.15) is 0 Å². The van der Waals surface area contributed by atoms with Crippen molar-refractivity contribution < 1.29 is 63.9 Å². The van der Waals surface area contributed by atoms with Gasteiger partial charge < -0.3 is 54.3 Å². The Labute approximate surface area is 239 Å². The van der Waals surface area contributed by atoms with E-state index in [1.165, 1.54) is 30.5 Å². The molecule has 0 aromatic heterocycles. The number of aliphatic hydroxyl groups is 3. The second-order valence-corrected chi connectivity index (χ2v) is 10.1. The molecule has 0 spiro atoms. The number of rotatable bonds is 7. The molecule has 13 nitrogen and oxygen atoms in total. The fourth-order valence-corrected chi connectivity index (χ4v) is 5.25. The Hall–Kier alpha value is -4.14. The second-order valence-electron chi connectivity index (χ2n) is 10.1. The van der Waals surface area contributed by atoms with Crippen molar-refractivity contribution in [3.63, 3.8) is 0 Å². The van der Waals surface area contributed by atoms with E-state index in [2.05, 4.69) is 6.58 Å². The van der Waals surface area contributed by atoms with Gasteiger partial charge in [-0.05, 0) is 36.2 Å². The van der Waals surface area contributed by atoms with Gasteiger partial charge in [0.15, 0.2) is 0 Å². The SMILES string of the molecule is C=C[C@H]1[C@@H](OC[C@H]2O[C@@H](OC(=O)c3cc(O)c(-c4cccc(O)c4)c(O)c3)[C@@H](O)[C@@H](O)[C@H]2O)OC=C2C(=O)OCC[C@H]21. The number of fused-ring (bicyclic) bond motifs is 1. The molecule has 2 saturated heterocycles. The average molecular weight is 587 g/mol. The average Bonchev–Trinajstić information content (AvgIpc) is 2.96. The van der Waals surface area contributed by atoms with E-state index in [0.717, 1.165) is 12.1 Å². The third-order valence-corrected chi connectivity index (χ3v) is 7.46. The quantitative estimate of drug-likeness (QED) is 0.199. The van der Waals surface area contributed by atoms with Crippen molar-refractivity contribution in [1.82, 2.24) is 0 Å². The molecule has 5 rings (SSSR count). The van der Waals surface area contributed by atoms with Gasteiger partial charge in [0.1, 0.15) is 41.7 Å². The second kappa shape index (κ2) is 12.0. The number of benzene rings is 2. The zero-order valence-corrected chi connectivity index (χ0v) is 22.1. The van der Waals surface area contributed by atoms with Crippen molar-refractivity contribution in [3.05, 3.63) is 66.5 Å². The molecule has 2 fully saturated rings. The van der Waals surface area contributed by atoms with Crippen LogP contribution in [0.2, 0.25) is 0 Å². The van der Waals surface area contributed by atoms with Crippen molar-refractivity contribution in [3.8, 4) is 28.4 Å². The molecule has 0 saturated carbocycles. The molecule has 6 N–H and O–H groups in total. The highest BCUT2D eigenvalue weighted by atomic mass is 16.7. The zero-order chi connectivity index (χ0) is 30.1. The van der Waals surface area contributed by atoms with Crippen molar-refractivity contribution >= 4 is 11.9 Å². The summed E-state index contributed by atoms with van der Waals surface area (Å²) in [6.07, 6.45) is -5.86. The molecule has 8 atom stereocenters. The lowest BCUT2D eigenvalue weighted by molar-refractivity contribution is -0.295. The minimum absolute atomic E-state index is 0.0398. The van der Waals surface area contributed by atoms with Gasteiger partial charge in [-0.1, -0.05) is 18.2 Å². The van der Waals surface area contributed by atoms with Crippen LogP contribution in [0.15, 0.2) is 60.9 Å². The standard InChI is InChI=1S/C29H30O13/c1-2-16-17-6-7-38-27(37)18(17)11-39-28(16)40-12-21-23(33)24(34)25(35)29(41-21)42-26(36)14-9-19(31)22(20(32)10-14)13-4-3-5-15(30)8-13/h2-5,8-11,16-17,21,23-25,28-35H,1,6-7,12H2/t16-,17+,21-,23+,24+,25+,28-,29+/m1/s1. The van der Waals surface area contributed by atoms with Crippen LogP contribution in [-0.4, -0.2) is 92.8 Å². The number of esters is 2. The van der Waals surface area contributed by atoms with Crippen LogP contribution in [0.25, 0.3) is 11.1 Å². The van der Waals surface area contributed by atoms with Crippen LogP contribution in [0, 0.1) is 11.8 Å². The van der Waals surface area contributed by atoms with E-state index < -0.39 is 66.4 Å². The molecule has 13 heteroatoms. The van der Waals surface area contributed by atoms with Gasteiger partial charge >= 0.3 is 11.9 Å². The Morgan fingerprint density at radius 2 is 1.76 bits per heavy atom. The van der Waals surface area contributed by atoms with Gasteiger partial charge in [0.25, 0.3) is 0 Å². The third-order valence-electron chi connectivity index (χ3n) is 7.46. The maximum absolute atomic E-state index is 12.9. The highest BCUT2D eigenvalue weighted by Crippen LogP contribution is 2.40. The lowest BCUT2D eigenvalue weighted by atomic mass is 9.81. The Balaban J connectivity index is 1.27. The Morgan fingerprint density at radius 1 is 1.02 bits per heavy atom. The summed E-state index contributed by atoms with van der Waals surface area (Å²) in [5.41, 5.74) is 0.294. The molecule has 3 aliphatic rings. The summed E-state index contributed by atoms with van der Waals surface area (Å²) in [7, 11) is 0. The van der Waals surface area contributed by atoms with Crippen LogP contribution < -0.4 is 0 Å². The summed E-state index contributed by atoms with van der Waals surface area (Å²) in [6, 6.07) is 7.78. The maximum atomic E-state index is 12.9. The molecule has 2 aromatic rings. The summed E-state index contributed by atoms with van der Waals surface area (Å²) < 4.78 is 27.2. The number of carbonyl (C=O) groups excluding carboxylic acids is 2. The summed E-state index contributed by atoms with van der Waals surface area (Å²) in [5.74, 6) is -3.40. The highest BCUT2D eigenvalue weighted by molar-refractivity contribution is 5.93. The largest absolute Gasteiger partial charge is 0.508 e. The van der Waals surface area contributed by atoms with Gasteiger partial charge in [0.2, 0.25) is 12.6 Å². The van der Waals surface area contributed by atoms with E-state index in [1.807, 2.05) is 0 Å². The van der Waals surface area contributed by atoms with E-state index >= 15 is 0 Å². The number of carbonyl (C=O) groups is 2. The smallest absolute Gasteiger partial charge is 0.340 e. The van der Waals surface area contributed by atoms with Crippen LogP contribution >= 0.6 is 0 Å². The number of aliphatic hydroxyl groups excluding tert-OH is 3. The lowest BCUT2D eigenvalue weighted by Gasteiger charge is -2.41. The molecule has 0 aliphatic carbocycles. The van der Waals surface area contributed by atoms with E-state index in [-0.39, 0.29) is 41.6 Å². The molecule has 3 heterocycles. The first-order valence-corrected chi connectivity index (χ1v) is 13.1. The molecule has 0 unspecified atom stereocenters. The predicted octanol–water partition coefficient (Wildman–Crippen LogP) is 1.06. The predicted molar refractivity (Wildman–Crippen MR) is 141 cm³/mol. The van der Waals surface area contributed by atoms with E-state index in [9.17, 15) is 40.2 Å². The Bertz CT molecular complexity index is 1360. The fraction of sp³-hybridized carbons (Fsp3) is 0.379. The molecule has 0 radical (unpaired) electrons. The summed E-state index contributed by atoms with van der Waals surface area (Å²) >= 11 is 0. The maximum Gasteiger partial charge on any atom is 0.340 e. The lowest BCUT2D eigenvalue weighted by Crippen LogP contribution is -2.60. The number of hydrogen-bond donors (Lipinski definition) is 6. The molecule has 2 aromatic carbocycles. The summed E-state index contributed by atoms with van der Waals surface area (Å²) in [6.45, 7) is 3.66. The minimum atomic E-state index is -1.85. The topological polar surface area (TPSA) is 202 Å². The van der Waals surface area contributed by atoms with E-state index in [0.29, 0.717) is 12.0 Å². The van der Waals surface area contributed by atoms with Gasteiger partial charge in [-0.15, -0.1) is 6.58 Å². The molecular formula is C29H30O13. The summed E-state index contributed by atoms with van der Waals surface area (Å²) in [5, 5.41) is 62.1. The first kappa shape index (κ1) is 29.4. The third kappa shape index (κ3) is 5.65. The highest BCUT2D eigenvalue weighted by Gasteiger charge is 2.47. The number of hydrogen-bond acceptors (Lipinski definition) is 13. The number of aromatic hydroxyl groups is 3. The van der Waals surface area contributed by atoms with Crippen LogP contribution in [0.5, 0.6) is 17.2 Å². The molecule has 3 aliphatic heterocycles. The molecule has 0 bridgehead atoms. The monoisotopic (exact) mass is 586 g/mol. The van der Waals surface area contributed by atoms with Crippen LogP contribution in [0.1, 0.15) is 16.8 Å². The van der Waals surface area contributed by atoms with Gasteiger partial charge in [-0.3, -0.25) is 0 Å². The van der Waals surface area contributed by atoms with Gasteiger partial charge in [0, 0.05) is 11.8 Å². The molecule has 0 amide bonds. The zero-order valence-electron chi connectivity index (χ0n) is 22.1. The van der Waals surface area contributed by atoms with Crippen LogP contribution in [-0.2, 0) is 28.5 Å². The van der Waals surface area contributed by atoms with Gasteiger partial charge in [0.05, 0.1) is 36.2 Å². The van der Waals surface area contributed by atoms with Crippen molar-refractivity contribution in [2.45, 2.75) is 43.4 Å². The van der Waals surface area contributed by atoms with Crippen molar-refractivity contribution in [2.75, 3.05) is 13.2 Å². The fourth-order valence-electron chi connectivity index (χ4n) is 5.25. The first-order valence-electron chi connectivity index (χ1n) is 13.1. The number of ether oxygens (including phenoxy) is 5. The van der Waals surface area contributed by atoms with Crippen molar-refractivity contribution in [2.24, 2.45) is 11.8 Å². The summed E-state index contributed by atoms with van der Waals surface area (Å²) in [4.78, 5) is 24.9. The Kier molecular flexibility index (Phi) is 8.38. The van der Waals surface area contributed by atoms with Crippen LogP contribution in [0.3, 0.4) is 0 Å².